The van der Waals surface area contributed by atoms with E-state index in [9.17, 15) is 0 Å². The largest absolute Gasteiger partial charge is 0.306 e. The Kier molecular flexibility index (Phi) is 4.12. The third kappa shape index (κ3) is 2.64. The molecule has 7 heteroatoms. The SMILES string of the molecule is CCc1nn(C)c2c1nc(C(C)Cl)n2Cc1ccc(Br)s1. The van der Waals surface area contributed by atoms with Crippen LogP contribution in [0.1, 0.15) is 35.6 Å². The molecule has 1 unspecified atom stereocenters. The molecule has 4 nitrogen and oxygen atoms in total. The number of aryl methyl sites for hydroxylation is 2. The van der Waals surface area contributed by atoms with E-state index in [-0.39, 0.29) is 5.38 Å². The number of thiophene rings is 1. The molecule has 112 valence electrons. The lowest BCUT2D eigenvalue weighted by molar-refractivity contribution is 0.687. The van der Waals surface area contributed by atoms with Crippen molar-refractivity contribution in [3.05, 3.63) is 32.3 Å². The van der Waals surface area contributed by atoms with E-state index in [4.69, 9.17) is 16.6 Å². The zero-order valence-corrected chi connectivity index (χ0v) is 15.3. The second-order valence-corrected chi connectivity index (χ2v) is 8.18. The predicted octanol–water partition coefficient (Wildman–Crippen LogP) is 4.50. The van der Waals surface area contributed by atoms with Crippen molar-refractivity contribution in [2.75, 3.05) is 0 Å². The summed E-state index contributed by atoms with van der Waals surface area (Å²) in [6.45, 7) is 4.82. The summed E-state index contributed by atoms with van der Waals surface area (Å²) >= 11 is 11.6. The molecule has 0 N–H and O–H groups in total. The quantitative estimate of drug-likeness (QED) is 0.618. The number of aromatic nitrogens is 4. The summed E-state index contributed by atoms with van der Waals surface area (Å²) in [6.07, 6.45) is 0.870. The zero-order valence-electron chi connectivity index (χ0n) is 12.1. The van der Waals surface area contributed by atoms with Crippen LogP contribution in [0.4, 0.5) is 0 Å². The Labute approximate surface area is 140 Å². The van der Waals surface area contributed by atoms with Crippen LogP contribution in [0.2, 0.25) is 0 Å². The third-order valence-corrected chi connectivity index (χ3v) is 5.26. The number of nitrogens with zero attached hydrogens (tertiary/aromatic N) is 4. The van der Waals surface area contributed by atoms with Gasteiger partial charge in [-0.15, -0.1) is 22.9 Å². The molecule has 3 aromatic rings. The van der Waals surface area contributed by atoms with Gasteiger partial charge in [0.25, 0.3) is 0 Å². The Bertz CT molecular complexity index is 786. The van der Waals surface area contributed by atoms with E-state index in [0.29, 0.717) is 0 Å². The molecule has 0 radical (unpaired) electrons. The molecule has 3 rings (SSSR count). The fourth-order valence-corrected chi connectivity index (χ4v) is 4.19. The van der Waals surface area contributed by atoms with Crippen molar-refractivity contribution < 1.29 is 0 Å². The van der Waals surface area contributed by atoms with Gasteiger partial charge in [0, 0.05) is 11.9 Å². The number of hydrogen-bond donors (Lipinski definition) is 0. The van der Waals surface area contributed by atoms with Crippen molar-refractivity contribution in [1.82, 2.24) is 19.3 Å². The molecule has 0 aliphatic rings. The standard InChI is InChI=1S/C14H16BrClN4S/c1-4-10-12-14(19(3)18-10)20(13(17-12)8(2)16)7-9-5-6-11(15)21-9/h5-6,8H,4,7H2,1-3H3. The average Bonchev–Trinajstić information content (AvgIpc) is 3.07. The first-order valence-electron chi connectivity index (χ1n) is 6.81. The van der Waals surface area contributed by atoms with Crippen LogP contribution in [0.15, 0.2) is 15.9 Å². The Morgan fingerprint density at radius 1 is 1.43 bits per heavy atom. The molecule has 0 fully saturated rings. The van der Waals surface area contributed by atoms with Crippen LogP contribution in [0.25, 0.3) is 11.2 Å². The summed E-state index contributed by atoms with van der Waals surface area (Å²) in [5.74, 6) is 0.902. The van der Waals surface area contributed by atoms with Crippen LogP contribution in [-0.4, -0.2) is 19.3 Å². The lowest BCUT2D eigenvalue weighted by Crippen LogP contribution is -2.08. The summed E-state index contributed by atoms with van der Waals surface area (Å²) < 4.78 is 5.22. The van der Waals surface area contributed by atoms with Gasteiger partial charge in [0.2, 0.25) is 0 Å². The van der Waals surface area contributed by atoms with Gasteiger partial charge in [-0.05, 0) is 41.4 Å². The van der Waals surface area contributed by atoms with Gasteiger partial charge in [0.1, 0.15) is 11.3 Å². The molecule has 0 bridgehead atoms. The zero-order chi connectivity index (χ0) is 15.1. The van der Waals surface area contributed by atoms with E-state index in [1.807, 2.05) is 18.7 Å². The number of fused-ring (bicyclic) bond motifs is 1. The van der Waals surface area contributed by atoms with E-state index >= 15 is 0 Å². The first kappa shape index (κ1) is 15.1. The van der Waals surface area contributed by atoms with Crippen LogP contribution in [0.5, 0.6) is 0 Å². The third-order valence-electron chi connectivity index (χ3n) is 3.45. The molecule has 0 saturated heterocycles. The Hall–Kier alpha value is -0.850. The van der Waals surface area contributed by atoms with Gasteiger partial charge in [-0.25, -0.2) is 4.98 Å². The second kappa shape index (κ2) is 5.74. The second-order valence-electron chi connectivity index (χ2n) is 4.97. The molecule has 0 aliphatic carbocycles. The molecule has 0 aliphatic heterocycles. The van der Waals surface area contributed by atoms with Crippen LogP contribution < -0.4 is 0 Å². The smallest absolute Gasteiger partial charge is 0.159 e. The fourth-order valence-electron chi connectivity index (χ4n) is 2.55. The van der Waals surface area contributed by atoms with Crippen molar-refractivity contribution in [3.63, 3.8) is 0 Å². The number of rotatable bonds is 4. The minimum absolute atomic E-state index is 0.134. The summed E-state index contributed by atoms with van der Waals surface area (Å²) in [6, 6.07) is 4.19. The maximum Gasteiger partial charge on any atom is 0.159 e. The van der Waals surface area contributed by atoms with E-state index in [1.54, 1.807) is 11.3 Å². The number of imidazole rings is 1. The highest BCUT2D eigenvalue weighted by Crippen LogP contribution is 2.29. The summed E-state index contributed by atoms with van der Waals surface area (Å²) in [4.78, 5) is 6.01. The summed E-state index contributed by atoms with van der Waals surface area (Å²) in [5, 5.41) is 4.43. The minimum Gasteiger partial charge on any atom is -0.306 e. The molecular weight excluding hydrogens is 372 g/mol. The van der Waals surface area contributed by atoms with Gasteiger partial charge in [-0.2, -0.15) is 5.10 Å². The molecule has 0 spiro atoms. The van der Waals surface area contributed by atoms with E-state index < -0.39 is 0 Å². The topological polar surface area (TPSA) is 35.6 Å². The lowest BCUT2D eigenvalue weighted by Gasteiger charge is -2.09. The molecule has 3 aromatic heterocycles. The van der Waals surface area contributed by atoms with Gasteiger partial charge >= 0.3 is 0 Å². The van der Waals surface area contributed by atoms with Crippen molar-refractivity contribution >= 4 is 50.0 Å². The summed E-state index contributed by atoms with van der Waals surface area (Å²) in [7, 11) is 1.96. The lowest BCUT2D eigenvalue weighted by atomic mass is 10.3. The van der Waals surface area contributed by atoms with Crippen LogP contribution in [0.3, 0.4) is 0 Å². The first-order valence-corrected chi connectivity index (χ1v) is 8.86. The maximum atomic E-state index is 6.34. The van der Waals surface area contributed by atoms with Gasteiger partial charge in [-0.1, -0.05) is 6.92 Å². The molecule has 0 amide bonds. The minimum atomic E-state index is -0.134. The number of hydrogen-bond acceptors (Lipinski definition) is 3. The molecule has 0 aromatic carbocycles. The van der Waals surface area contributed by atoms with Gasteiger partial charge in [0.05, 0.1) is 21.4 Å². The Balaban J connectivity index is 2.18. The Morgan fingerprint density at radius 3 is 2.76 bits per heavy atom. The van der Waals surface area contributed by atoms with Crippen LogP contribution >= 0.6 is 38.9 Å². The van der Waals surface area contributed by atoms with Crippen molar-refractivity contribution in [2.45, 2.75) is 32.2 Å². The highest BCUT2D eigenvalue weighted by molar-refractivity contribution is 9.11. The highest BCUT2D eigenvalue weighted by Gasteiger charge is 2.21. The Morgan fingerprint density at radius 2 is 2.19 bits per heavy atom. The van der Waals surface area contributed by atoms with Crippen LogP contribution in [0, 0.1) is 0 Å². The van der Waals surface area contributed by atoms with E-state index in [0.717, 1.165) is 39.4 Å². The highest BCUT2D eigenvalue weighted by atomic mass is 79.9. The average molecular weight is 388 g/mol. The molecule has 0 saturated carbocycles. The molecular formula is C14H16BrClN4S. The first-order chi connectivity index (χ1) is 10.0. The maximum absolute atomic E-state index is 6.34. The summed E-state index contributed by atoms with van der Waals surface area (Å²) in [5.41, 5.74) is 3.04. The van der Waals surface area contributed by atoms with Crippen molar-refractivity contribution in [1.29, 1.82) is 0 Å². The van der Waals surface area contributed by atoms with Gasteiger partial charge in [-0.3, -0.25) is 4.68 Å². The predicted molar refractivity (Wildman–Crippen MR) is 91.3 cm³/mol. The van der Waals surface area contributed by atoms with E-state index in [2.05, 4.69) is 44.7 Å². The number of alkyl halides is 1. The fraction of sp³-hybridized carbons (Fsp3) is 0.429. The van der Waals surface area contributed by atoms with Gasteiger partial charge < -0.3 is 4.57 Å². The van der Waals surface area contributed by atoms with Crippen molar-refractivity contribution in [2.24, 2.45) is 7.05 Å². The van der Waals surface area contributed by atoms with Gasteiger partial charge in [0.15, 0.2) is 5.65 Å². The van der Waals surface area contributed by atoms with Crippen LogP contribution in [-0.2, 0) is 20.0 Å². The number of halogens is 2. The monoisotopic (exact) mass is 386 g/mol. The normalized spacial score (nSPS) is 13.2. The molecule has 1 atom stereocenters. The van der Waals surface area contributed by atoms with Crippen molar-refractivity contribution in [3.8, 4) is 0 Å². The van der Waals surface area contributed by atoms with E-state index in [1.165, 1.54) is 4.88 Å². The molecule has 21 heavy (non-hydrogen) atoms. The molecule has 3 heterocycles.